The van der Waals surface area contributed by atoms with Gasteiger partial charge < -0.3 is 14.5 Å². The van der Waals surface area contributed by atoms with Gasteiger partial charge in [0, 0.05) is 30.6 Å². The number of hydrogen-bond donors (Lipinski definition) is 0. The molecule has 32 heavy (non-hydrogen) atoms. The fourth-order valence-electron chi connectivity index (χ4n) is 3.72. The molecule has 9 heteroatoms. The van der Waals surface area contributed by atoms with E-state index in [0.29, 0.717) is 36.9 Å². The van der Waals surface area contributed by atoms with Crippen LogP contribution in [0.25, 0.3) is 0 Å². The Bertz CT molecular complexity index is 999. The Hall–Kier alpha value is -2.94. The van der Waals surface area contributed by atoms with Crippen molar-refractivity contribution < 1.29 is 19.1 Å². The van der Waals surface area contributed by atoms with Gasteiger partial charge in [0.25, 0.3) is 5.91 Å². The standard InChI is InChI=1S/C23H28N4O4S/c1-5-31-23(30)20-16(3)24-17(4)25-21(20)22(29)26-11-12-27(15(2)13-26)19(28)14-32-18-9-7-6-8-10-18/h6-10,15H,5,11-14H2,1-4H3. The van der Waals surface area contributed by atoms with Crippen molar-refractivity contribution in [1.82, 2.24) is 19.8 Å². The van der Waals surface area contributed by atoms with Crippen molar-refractivity contribution in [3.63, 3.8) is 0 Å². The molecule has 8 nitrogen and oxygen atoms in total. The van der Waals surface area contributed by atoms with Crippen LogP contribution in [0.3, 0.4) is 0 Å². The Balaban J connectivity index is 1.69. The van der Waals surface area contributed by atoms with Crippen LogP contribution in [0.5, 0.6) is 0 Å². The molecule has 0 radical (unpaired) electrons. The SMILES string of the molecule is CCOC(=O)c1c(C)nc(C)nc1C(=O)N1CCN(C(=O)CSc2ccccc2)C(C)C1. The molecular formula is C23H28N4O4S. The predicted octanol–water partition coefficient (Wildman–Crippen LogP) is 2.74. The van der Waals surface area contributed by atoms with Crippen LogP contribution in [0.1, 0.15) is 46.2 Å². The summed E-state index contributed by atoms with van der Waals surface area (Å²) in [5.41, 5.74) is 0.576. The van der Waals surface area contributed by atoms with Crippen LogP contribution < -0.4 is 0 Å². The molecule has 1 saturated heterocycles. The van der Waals surface area contributed by atoms with Gasteiger partial charge in [0.15, 0.2) is 0 Å². The quantitative estimate of drug-likeness (QED) is 0.487. The third-order valence-corrected chi connectivity index (χ3v) is 6.22. The number of amides is 2. The van der Waals surface area contributed by atoms with Gasteiger partial charge in [-0.25, -0.2) is 14.8 Å². The van der Waals surface area contributed by atoms with Crippen LogP contribution in [-0.2, 0) is 9.53 Å². The first-order chi connectivity index (χ1) is 15.3. The van der Waals surface area contributed by atoms with E-state index < -0.39 is 5.97 Å². The van der Waals surface area contributed by atoms with E-state index in [1.54, 1.807) is 25.7 Å². The lowest BCUT2D eigenvalue weighted by molar-refractivity contribution is -0.132. The second-order valence-corrected chi connectivity index (χ2v) is 8.64. The minimum Gasteiger partial charge on any atom is -0.462 e. The van der Waals surface area contributed by atoms with Crippen LogP contribution in [0, 0.1) is 13.8 Å². The van der Waals surface area contributed by atoms with Crippen molar-refractivity contribution in [1.29, 1.82) is 0 Å². The molecule has 1 aliphatic rings. The average molecular weight is 457 g/mol. The molecule has 1 aromatic carbocycles. The zero-order valence-corrected chi connectivity index (χ0v) is 19.6. The molecule has 0 aliphatic carbocycles. The van der Waals surface area contributed by atoms with E-state index in [2.05, 4.69) is 9.97 Å². The Kier molecular flexibility index (Phi) is 7.84. The van der Waals surface area contributed by atoms with Crippen LogP contribution in [-0.4, -0.2) is 75.6 Å². The normalized spacial score (nSPS) is 16.1. The maximum absolute atomic E-state index is 13.3. The molecule has 0 bridgehead atoms. The number of benzene rings is 1. The predicted molar refractivity (Wildman–Crippen MR) is 122 cm³/mol. The van der Waals surface area contributed by atoms with Crippen molar-refractivity contribution in [3.8, 4) is 0 Å². The number of rotatable bonds is 6. The number of esters is 1. The first kappa shape index (κ1) is 23.7. The van der Waals surface area contributed by atoms with Crippen molar-refractivity contribution in [3.05, 3.63) is 53.1 Å². The zero-order chi connectivity index (χ0) is 23.3. The second kappa shape index (κ2) is 10.6. The van der Waals surface area contributed by atoms with Gasteiger partial charge in [0.1, 0.15) is 17.1 Å². The third kappa shape index (κ3) is 5.45. The van der Waals surface area contributed by atoms with Crippen LogP contribution >= 0.6 is 11.8 Å². The lowest BCUT2D eigenvalue weighted by atomic mass is 10.1. The molecule has 3 rings (SSSR count). The molecule has 2 heterocycles. The largest absolute Gasteiger partial charge is 0.462 e. The highest BCUT2D eigenvalue weighted by molar-refractivity contribution is 8.00. The van der Waals surface area contributed by atoms with Gasteiger partial charge >= 0.3 is 5.97 Å². The summed E-state index contributed by atoms with van der Waals surface area (Å²) in [4.78, 5) is 51.5. The van der Waals surface area contributed by atoms with Gasteiger partial charge in [-0.2, -0.15) is 0 Å². The summed E-state index contributed by atoms with van der Waals surface area (Å²) in [5.74, 6) is -0.148. The Morgan fingerprint density at radius 1 is 1.12 bits per heavy atom. The highest BCUT2D eigenvalue weighted by Crippen LogP contribution is 2.21. The third-order valence-electron chi connectivity index (χ3n) is 5.22. The summed E-state index contributed by atoms with van der Waals surface area (Å²) in [6.45, 7) is 8.34. The number of hydrogen-bond acceptors (Lipinski definition) is 7. The van der Waals surface area contributed by atoms with E-state index in [0.717, 1.165) is 4.90 Å². The Labute approximate surface area is 192 Å². The fourth-order valence-corrected chi connectivity index (χ4v) is 4.53. The molecule has 170 valence electrons. The smallest absolute Gasteiger partial charge is 0.342 e. The van der Waals surface area contributed by atoms with Gasteiger partial charge in [-0.1, -0.05) is 18.2 Å². The number of carbonyl (C=O) groups is 3. The topological polar surface area (TPSA) is 92.7 Å². The van der Waals surface area contributed by atoms with Gasteiger partial charge in [-0.3, -0.25) is 9.59 Å². The van der Waals surface area contributed by atoms with Gasteiger partial charge in [0.05, 0.1) is 18.1 Å². The number of thioether (sulfide) groups is 1. The first-order valence-electron chi connectivity index (χ1n) is 10.6. The molecule has 1 aliphatic heterocycles. The van der Waals surface area contributed by atoms with Gasteiger partial charge in [-0.05, 0) is 39.8 Å². The Morgan fingerprint density at radius 3 is 2.50 bits per heavy atom. The second-order valence-electron chi connectivity index (χ2n) is 7.59. The summed E-state index contributed by atoms with van der Waals surface area (Å²) in [6, 6.07) is 9.64. The lowest BCUT2D eigenvalue weighted by Crippen LogP contribution is -2.56. The molecule has 0 saturated carbocycles. The molecule has 2 aromatic rings. The van der Waals surface area contributed by atoms with E-state index in [1.807, 2.05) is 42.2 Å². The van der Waals surface area contributed by atoms with Crippen molar-refractivity contribution in [2.45, 2.75) is 38.6 Å². The van der Waals surface area contributed by atoms with Gasteiger partial charge in [0.2, 0.25) is 5.91 Å². The molecular weight excluding hydrogens is 428 g/mol. The van der Waals surface area contributed by atoms with E-state index >= 15 is 0 Å². The number of piperazine rings is 1. The number of nitrogens with zero attached hydrogens (tertiary/aromatic N) is 4. The van der Waals surface area contributed by atoms with Crippen LogP contribution in [0.2, 0.25) is 0 Å². The summed E-state index contributed by atoms with van der Waals surface area (Å²) < 4.78 is 5.11. The molecule has 1 aromatic heterocycles. The van der Waals surface area contributed by atoms with Crippen molar-refractivity contribution in [2.24, 2.45) is 0 Å². The summed E-state index contributed by atoms with van der Waals surface area (Å²) in [5, 5.41) is 0. The number of carbonyl (C=O) groups excluding carboxylic acids is 3. The van der Waals surface area contributed by atoms with E-state index in [1.165, 1.54) is 11.8 Å². The molecule has 0 spiro atoms. The van der Waals surface area contributed by atoms with Gasteiger partial charge in [-0.15, -0.1) is 11.8 Å². The minimum absolute atomic E-state index is 0.0411. The number of aryl methyl sites for hydroxylation is 2. The first-order valence-corrected chi connectivity index (χ1v) is 11.6. The van der Waals surface area contributed by atoms with Crippen LogP contribution in [0.15, 0.2) is 35.2 Å². The monoisotopic (exact) mass is 456 g/mol. The average Bonchev–Trinajstić information content (AvgIpc) is 2.77. The maximum atomic E-state index is 13.3. The summed E-state index contributed by atoms with van der Waals surface area (Å²) in [6.07, 6.45) is 0. The van der Waals surface area contributed by atoms with Crippen molar-refractivity contribution >= 4 is 29.5 Å². The summed E-state index contributed by atoms with van der Waals surface area (Å²) in [7, 11) is 0. The zero-order valence-electron chi connectivity index (χ0n) is 18.8. The molecule has 1 unspecified atom stereocenters. The van der Waals surface area contributed by atoms with Crippen LogP contribution in [0.4, 0.5) is 0 Å². The highest BCUT2D eigenvalue weighted by atomic mass is 32.2. The Morgan fingerprint density at radius 2 is 1.84 bits per heavy atom. The minimum atomic E-state index is -0.604. The lowest BCUT2D eigenvalue weighted by Gasteiger charge is -2.40. The van der Waals surface area contributed by atoms with E-state index in [4.69, 9.17) is 4.74 Å². The van der Waals surface area contributed by atoms with E-state index in [9.17, 15) is 14.4 Å². The van der Waals surface area contributed by atoms with E-state index in [-0.39, 0.29) is 35.7 Å². The fraction of sp³-hybridized carbons (Fsp3) is 0.435. The van der Waals surface area contributed by atoms with Crippen molar-refractivity contribution in [2.75, 3.05) is 32.0 Å². The maximum Gasteiger partial charge on any atom is 0.342 e. The molecule has 2 amide bonds. The number of ether oxygens (including phenoxy) is 1. The molecule has 0 N–H and O–H groups in total. The number of aromatic nitrogens is 2. The molecule has 1 atom stereocenters. The molecule has 1 fully saturated rings. The summed E-state index contributed by atoms with van der Waals surface area (Å²) >= 11 is 1.50. The highest BCUT2D eigenvalue weighted by Gasteiger charge is 2.33.